The van der Waals surface area contributed by atoms with E-state index in [0.29, 0.717) is 17.1 Å². The second-order valence-electron chi connectivity index (χ2n) is 7.18. The second-order valence-corrected chi connectivity index (χ2v) is 7.18. The molecule has 0 bridgehead atoms. The summed E-state index contributed by atoms with van der Waals surface area (Å²) in [5, 5.41) is 2.76. The van der Waals surface area contributed by atoms with Crippen LogP contribution in [0.15, 0.2) is 65.3 Å². The Hall–Kier alpha value is -3.41. The molecule has 0 spiro atoms. The highest BCUT2D eigenvalue weighted by molar-refractivity contribution is 5.96. The first-order valence-corrected chi connectivity index (χ1v) is 9.48. The first-order valence-electron chi connectivity index (χ1n) is 9.48. The van der Waals surface area contributed by atoms with Gasteiger partial charge in [0, 0.05) is 11.1 Å². The minimum atomic E-state index is -0.760. The molecule has 1 amide bonds. The third-order valence-electron chi connectivity index (χ3n) is 4.46. The van der Waals surface area contributed by atoms with Gasteiger partial charge in [-0.2, -0.15) is 0 Å². The van der Waals surface area contributed by atoms with Crippen LogP contribution in [0.5, 0.6) is 0 Å². The van der Waals surface area contributed by atoms with Crippen molar-refractivity contribution < 1.29 is 18.7 Å². The standard InChI is InChI=1S/C23H24N2O4/c1-15(2)20(25-21(26)17-11-9-16(3)10-12-17)23(27)29-14-19-13-28-22(24-19)18-7-5-4-6-8-18/h4-13,15,20H,14H2,1-3H3,(H,25,26)/t20-/m0/s1. The van der Waals surface area contributed by atoms with Gasteiger partial charge in [0.1, 0.15) is 24.6 Å². The number of rotatable bonds is 7. The first-order chi connectivity index (χ1) is 13.9. The topological polar surface area (TPSA) is 81.4 Å². The largest absolute Gasteiger partial charge is 0.458 e. The maximum absolute atomic E-state index is 12.6. The fourth-order valence-electron chi connectivity index (χ4n) is 2.75. The fourth-order valence-corrected chi connectivity index (χ4v) is 2.75. The molecule has 150 valence electrons. The second kappa shape index (κ2) is 9.19. The molecule has 0 radical (unpaired) electrons. The van der Waals surface area contributed by atoms with E-state index in [1.807, 2.05) is 63.2 Å². The lowest BCUT2D eigenvalue weighted by molar-refractivity contribution is -0.148. The van der Waals surface area contributed by atoms with Crippen LogP contribution < -0.4 is 5.32 Å². The first kappa shape index (κ1) is 20.3. The van der Waals surface area contributed by atoms with E-state index < -0.39 is 12.0 Å². The predicted octanol–water partition coefficient (Wildman–Crippen LogP) is 4.15. The van der Waals surface area contributed by atoms with Crippen molar-refractivity contribution in [1.29, 1.82) is 0 Å². The Morgan fingerprint density at radius 1 is 1.07 bits per heavy atom. The maximum Gasteiger partial charge on any atom is 0.329 e. The van der Waals surface area contributed by atoms with Gasteiger partial charge in [-0.05, 0) is 37.1 Å². The summed E-state index contributed by atoms with van der Waals surface area (Å²) < 4.78 is 10.8. The molecule has 0 fully saturated rings. The Morgan fingerprint density at radius 3 is 2.41 bits per heavy atom. The van der Waals surface area contributed by atoms with Crippen molar-refractivity contribution in [2.45, 2.75) is 33.4 Å². The lowest BCUT2D eigenvalue weighted by atomic mass is 10.0. The molecule has 3 aromatic rings. The zero-order valence-corrected chi connectivity index (χ0v) is 16.7. The Kier molecular flexibility index (Phi) is 6.44. The van der Waals surface area contributed by atoms with E-state index in [1.54, 1.807) is 12.1 Å². The predicted molar refractivity (Wildman–Crippen MR) is 109 cm³/mol. The molecule has 3 rings (SSSR count). The number of nitrogens with one attached hydrogen (secondary N) is 1. The molecule has 6 heteroatoms. The van der Waals surface area contributed by atoms with Gasteiger partial charge >= 0.3 is 5.97 Å². The summed E-state index contributed by atoms with van der Waals surface area (Å²) in [4.78, 5) is 29.4. The fraction of sp³-hybridized carbons (Fsp3) is 0.261. The molecule has 0 aliphatic rings. The Morgan fingerprint density at radius 2 is 1.76 bits per heavy atom. The van der Waals surface area contributed by atoms with Gasteiger partial charge in [0.15, 0.2) is 0 Å². The number of benzene rings is 2. The van der Waals surface area contributed by atoms with Gasteiger partial charge in [0.2, 0.25) is 5.89 Å². The lowest BCUT2D eigenvalue weighted by Gasteiger charge is -2.20. The average Bonchev–Trinajstić information content (AvgIpc) is 3.20. The lowest BCUT2D eigenvalue weighted by Crippen LogP contribution is -2.45. The van der Waals surface area contributed by atoms with Crippen LogP contribution in [0.1, 0.15) is 35.5 Å². The third kappa shape index (κ3) is 5.31. The molecule has 1 aromatic heterocycles. The Balaban J connectivity index is 1.60. The van der Waals surface area contributed by atoms with Gasteiger partial charge in [0.05, 0.1) is 0 Å². The summed E-state index contributed by atoms with van der Waals surface area (Å²) in [5.41, 5.74) is 2.90. The van der Waals surface area contributed by atoms with Gasteiger partial charge in [-0.3, -0.25) is 4.79 Å². The molecule has 0 saturated carbocycles. The smallest absolute Gasteiger partial charge is 0.329 e. The SMILES string of the molecule is Cc1ccc(C(=O)N[C@H](C(=O)OCc2coc(-c3ccccc3)n2)C(C)C)cc1. The van der Waals surface area contributed by atoms with Crippen LogP contribution in [0.2, 0.25) is 0 Å². The summed E-state index contributed by atoms with van der Waals surface area (Å²) in [6.45, 7) is 5.62. The van der Waals surface area contributed by atoms with Crippen LogP contribution in [0.3, 0.4) is 0 Å². The molecule has 0 saturated heterocycles. The van der Waals surface area contributed by atoms with Crippen molar-refractivity contribution in [1.82, 2.24) is 10.3 Å². The van der Waals surface area contributed by atoms with Crippen LogP contribution >= 0.6 is 0 Å². The molecule has 29 heavy (non-hydrogen) atoms. The van der Waals surface area contributed by atoms with Crippen molar-refractivity contribution in [2.24, 2.45) is 5.92 Å². The molecule has 1 N–H and O–H groups in total. The number of aryl methyl sites for hydroxylation is 1. The molecule has 1 atom stereocenters. The van der Waals surface area contributed by atoms with E-state index in [2.05, 4.69) is 10.3 Å². The molecule has 0 aliphatic heterocycles. The summed E-state index contributed by atoms with van der Waals surface area (Å²) in [6.07, 6.45) is 1.46. The summed E-state index contributed by atoms with van der Waals surface area (Å²) in [5.74, 6) is -0.489. The quantitative estimate of drug-likeness (QED) is 0.611. The van der Waals surface area contributed by atoms with Crippen LogP contribution in [0.25, 0.3) is 11.5 Å². The summed E-state index contributed by atoms with van der Waals surface area (Å²) in [7, 11) is 0. The van der Waals surface area contributed by atoms with Crippen LogP contribution in [-0.4, -0.2) is 22.9 Å². The third-order valence-corrected chi connectivity index (χ3v) is 4.46. The zero-order chi connectivity index (χ0) is 20.8. The van der Waals surface area contributed by atoms with Crippen molar-refractivity contribution in [3.05, 3.63) is 77.7 Å². The van der Waals surface area contributed by atoms with Crippen molar-refractivity contribution in [3.63, 3.8) is 0 Å². The van der Waals surface area contributed by atoms with Gasteiger partial charge in [-0.1, -0.05) is 49.7 Å². The number of amides is 1. The molecule has 1 heterocycles. The van der Waals surface area contributed by atoms with E-state index in [1.165, 1.54) is 6.26 Å². The van der Waals surface area contributed by atoms with E-state index in [0.717, 1.165) is 11.1 Å². The van der Waals surface area contributed by atoms with Gasteiger partial charge in [0.25, 0.3) is 5.91 Å². The number of esters is 1. The number of nitrogens with zero attached hydrogens (tertiary/aromatic N) is 1. The minimum Gasteiger partial charge on any atom is -0.458 e. The Labute approximate surface area is 169 Å². The number of hydrogen-bond donors (Lipinski definition) is 1. The van der Waals surface area contributed by atoms with E-state index >= 15 is 0 Å². The van der Waals surface area contributed by atoms with Crippen molar-refractivity contribution in [2.75, 3.05) is 0 Å². The zero-order valence-electron chi connectivity index (χ0n) is 16.7. The van der Waals surface area contributed by atoms with Crippen LogP contribution in [0, 0.1) is 12.8 Å². The normalized spacial score (nSPS) is 11.9. The number of carbonyl (C=O) groups is 2. The number of aromatic nitrogens is 1. The molecule has 2 aromatic carbocycles. The van der Waals surface area contributed by atoms with E-state index in [-0.39, 0.29) is 18.4 Å². The number of ether oxygens (including phenoxy) is 1. The molecule has 0 unspecified atom stereocenters. The average molecular weight is 392 g/mol. The molecule has 0 aliphatic carbocycles. The van der Waals surface area contributed by atoms with Crippen LogP contribution in [-0.2, 0) is 16.1 Å². The molecular formula is C23H24N2O4. The number of carbonyl (C=O) groups excluding carboxylic acids is 2. The Bertz CT molecular complexity index is 962. The van der Waals surface area contributed by atoms with Gasteiger partial charge < -0.3 is 14.5 Å². The molecule has 6 nitrogen and oxygen atoms in total. The summed E-state index contributed by atoms with van der Waals surface area (Å²) in [6, 6.07) is 15.9. The maximum atomic E-state index is 12.6. The summed E-state index contributed by atoms with van der Waals surface area (Å²) >= 11 is 0. The highest BCUT2D eigenvalue weighted by Crippen LogP contribution is 2.18. The van der Waals surface area contributed by atoms with E-state index in [4.69, 9.17) is 9.15 Å². The van der Waals surface area contributed by atoms with Crippen molar-refractivity contribution >= 4 is 11.9 Å². The minimum absolute atomic E-state index is 0.0290. The monoisotopic (exact) mass is 392 g/mol. The van der Waals surface area contributed by atoms with Gasteiger partial charge in [-0.25, -0.2) is 9.78 Å². The number of hydrogen-bond acceptors (Lipinski definition) is 5. The highest BCUT2D eigenvalue weighted by Gasteiger charge is 2.26. The van der Waals surface area contributed by atoms with Crippen LogP contribution in [0.4, 0.5) is 0 Å². The number of oxazole rings is 1. The molecular weight excluding hydrogens is 368 g/mol. The highest BCUT2D eigenvalue weighted by atomic mass is 16.5. The van der Waals surface area contributed by atoms with Gasteiger partial charge in [-0.15, -0.1) is 0 Å². The van der Waals surface area contributed by atoms with E-state index in [9.17, 15) is 9.59 Å². The van der Waals surface area contributed by atoms with Crippen molar-refractivity contribution in [3.8, 4) is 11.5 Å².